The zero-order valence-corrected chi connectivity index (χ0v) is 49.6. The van der Waals surface area contributed by atoms with Gasteiger partial charge in [0.1, 0.15) is 22.1 Å². The van der Waals surface area contributed by atoms with Gasteiger partial charge in [0.05, 0.1) is 33.2 Å². The lowest BCUT2D eigenvalue weighted by Gasteiger charge is -2.35. The average Bonchev–Trinajstić information content (AvgIpc) is 4.27. The Labute approximate surface area is 457 Å². The number of nitrogens with zero attached hydrogens (tertiary/aromatic N) is 4. The normalized spacial score (nSPS) is 14.6. The molecule has 0 bridgehead atoms. The summed E-state index contributed by atoms with van der Waals surface area (Å²) in [6.45, 7) is 18.6. The van der Waals surface area contributed by atoms with Gasteiger partial charge in [0.15, 0.2) is 0 Å². The molecule has 3 aromatic carbocycles. The van der Waals surface area contributed by atoms with Crippen molar-refractivity contribution < 1.29 is 0 Å². The zero-order chi connectivity index (χ0) is 50.0. The molecule has 10 rings (SSSR count). The zero-order valence-electron chi connectivity index (χ0n) is 44.7. The summed E-state index contributed by atoms with van der Waals surface area (Å²) in [4.78, 5) is 5.66. The highest BCUT2D eigenvalue weighted by Gasteiger charge is 2.50. The van der Waals surface area contributed by atoms with Crippen LogP contribution in [0, 0.1) is 13.8 Å². The Kier molecular flexibility index (Phi) is 16.9. The number of aromatic nitrogens is 4. The van der Waals surface area contributed by atoms with Gasteiger partial charge in [-0.1, -0.05) is 150 Å². The predicted octanol–water partition coefficient (Wildman–Crippen LogP) is 21.5. The summed E-state index contributed by atoms with van der Waals surface area (Å²) in [5.74, 6) is 2.29. The fraction of sp³-hybridized carbons (Fsp3) is 0.548. The first kappa shape index (κ1) is 52.6. The molecule has 0 saturated carbocycles. The highest BCUT2D eigenvalue weighted by molar-refractivity contribution is 8.22. The van der Waals surface area contributed by atoms with Crippen LogP contribution in [0.5, 0.6) is 0 Å². The van der Waals surface area contributed by atoms with Crippen LogP contribution < -0.4 is 0 Å². The smallest absolute Gasteiger partial charge is 0.114 e. The molecule has 0 fully saturated rings. The molecule has 4 nitrogen and oxygen atoms in total. The van der Waals surface area contributed by atoms with E-state index in [9.17, 15) is 0 Å². The number of rotatable bonds is 27. The third kappa shape index (κ3) is 9.36. The molecule has 0 unspecified atom stereocenters. The van der Waals surface area contributed by atoms with Crippen LogP contribution in [0.4, 0.5) is 0 Å². The number of thiophene rings is 2. The van der Waals surface area contributed by atoms with E-state index < -0.39 is 0 Å². The van der Waals surface area contributed by atoms with E-state index in [2.05, 4.69) is 115 Å². The van der Waals surface area contributed by atoms with Crippen LogP contribution in [0.15, 0.2) is 40.6 Å². The number of thioether (sulfide) groups is 2. The Balaban J connectivity index is 1.23. The average molecular weight is 1070 g/mol. The summed E-state index contributed by atoms with van der Waals surface area (Å²) in [7, 11) is 0. The van der Waals surface area contributed by atoms with Crippen LogP contribution in [0.25, 0.3) is 70.1 Å². The van der Waals surface area contributed by atoms with Crippen molar-refractivity contribution in [1.29, 1.82) is 0 Å². The minimum atomic E-state index is -0.130. The van der Waals surface area contributed by atoms with Crippen LogP contribution in [0.3, 0.4) is 0 Å². The van der Waals surface area contributed by atoms with Gasteiger partial charge in [0.2, 0.25) is 0 Å². The van der Waals surface area contributed by atoms with Crippen molar-refractivity contribution in [3.63, 3.8) is 0 Å². The van der Waals surface area contributed by atoms with E-state index in [1.54, 1.807) is 11.1 Å². The first-order chi connectivity index (χ1) is 35.3. The minimum absolute atomic E-state index is 0.0672. The highest BCUT2D eigenvalue weighted by Crippen LogP contribution is 2.64. The third-order valence-electron chi connectivity index (χ3n) is 16.5. The van der Waals surface area contributed by atoms with Gasteiger partial charge in [-0.25, -0.2) is 0 Å². The number of benzene rings is 3. The van der Waals surface area contributed by atoms with Gasteiger partial charge < -0.3 is 0 Å². The molecule has 3 aliphatic rings. The molecule has 4 heterocycles. The second-order valence-electron chi connectivity index (χ2n) is 21.5. The molecule has 7 aromatic rings. The number of hydrogen-bond donors (Lipinski definition) is 0. The number of unbranched alkanes of at least 4 members (excludes halogenated alkanes) is 12. The van der Waals surface area contributed by atoms with E-state index in [1.807, 2.05) is 22.7 Å². The van der Waals surface area contributed by atoms with Gasteiger partial charge in [0, 0.05) is 58.2 Å². The van der Waals surface area contributed by atoms with E-state index >= 15 is 0 Å². The lowest BCUT2D eigenvalue weighted by molar-refractivity contribution is 0.397. The number of fused-ring (bicyclic) bond motifs is 13. The quantitative estimate of drug-likeness (QED) is 0.0478. The van der Waals surface area contributed by atoms with Crippen molar-refractivity contribution in [1.82, 2.24) is 17.5 Å². The number of hydrogen-bond acceptors (Lipinski definition) is 10. The minimum Gasteiger partial charge on any atom is -0.173 e. The molecule has 10 heteroatoms. The molecule has 0 saturated heterocycles. The van der Waals surface area contributed by atoms with Gasteiger partial charge in [-0.05, 0) is 133 Å². The van der Waals surface area contributed by atoms with Crippen molar-refractivity contribution in [2.24, 2.45) is 0 Å². The maximum Gasteiger partial charge on any atom is 0.114 e. The third-order valence-corrected chi connectivity index (χ3v) is 22.8. The number of aryl methyl sites for hydroxylation is 2. The van der Waals surface area contributed by atoms with E-state index in [1.165, 1.54) is 237 Å². The Morgan fingerprint density at radius 2 is 0.875 bits per heavy atom. The SMILES string of the molecule is CCCCCCC1(CCCCCC)c2cc3c(cc2-c2c1cc(C)c1nsnc21)C(CCCCCC)(CCCCCC)c1cc(-c2cc4c(s2)-c2sc(C)cc2C4=C(SCCC)SCCC)c2nsnc2c1-3. The van der Waals surface area contributed by atoms with Crippen LogP contribution >= 0.6 is 69.7 Å². The summed E-state index contributed by atoms with van der Waals surface area (Å²) < 4.78 is 22.5. The maximum atomic E-state index is 5.43. The summed E-state index contributed by atoms with van der Waals surface area (Å²) in [5.41, 5.74) is 23.0. The molecule has 0 amide bonds. The van der Waals surface area contributed by atoms with E-state index in [0.29, 0.717) is 0 Å². The molecule has 382 valence electrons. The Morgan fingerprint density at radius 3 is 1.39 bits per heavy atom. The molecular formula is C62H78N4S6. The standard InChI is InChI=1S/C62H78N4S6/c1-9-15-19-23-27-61(28-24-20-16-10-2)46-36-42-47(35-41(46)52-48(61)33-39(7)54-56(52)65-71-63-54)62(29-25-21-17-11-3,30-26-22-18-12-4)49-37-43(55-57(53(42)49)66-72-64-55)50-38-45-51(60(67-31-13-5)68-32-14-6)44-34-40(8)69-58(44)59(45)70-50/h33-38H,9-32H2,1-8H3. The molecule has 0 radical (unpaired) electrons. The Hall–Kier alpha value is -2.86. The first-order valence-electron chi connectivity index (χ1n) is 28.3. The first-order valence-corrected chi connectivity index (χ1v) is 33.4. The molecule has 0 aliphatic heterocycles. The summed E-state index contributed by atoms with van der Waals surface area (Å²) in [5, 5.41) is 0. The molecular weight excluding hydrogens is 993 g/mol. The molecule has 0 spiro atoms. The van der Waals surface area contributed by atoms with E-state index in [0.717, 1.165) is 46.4 Å². The van der Waals surface area contributed by atoms with Gasteiger partial charge in [-0.3, -0.25) is 0 Å². The second kappa shape index (κ2) is 23.2. The van der Waals surface area contributed by atoms with Crippen LogP contribution in [-0.2, 0) is 10.8 Å². The topological polar surface area (TPSA) is 51.6 Å². The largest absolute Gasteiger partial charge is 0.173 e. The van der Waals surface area contributed by atoms with Crippen LogP contribution in [0.1, 0.15) is 227 Å². The Bertz CT molecular complexity index is 3030. The summed E-state index contributed by atoms with van der Waals surface area (Å²) >= 11 is 11.0. The lowest BCUT2D eigenvalue weighted by atomic mass is 9.68. The van der Waals surface area contributed by atoms with Crippen molar-refractivity contribution in [3.8, 4) is 42.4 Å². The van der Waals surface area contributed by atoms with Crippen molar-refractivity contribution in [3.05, 3.63) is 84.5 Å². The Morgan fingerprint density at radius 1 is 0.431 bits per heavy atom. The van der Waals surface area contributed by atoms with Gasteiger partial charge in [-0.15, -0.1) is 46.2 Å². The molecule has 3 aliphatic carbocycles. The highest BCUT2D eigenvalue weighted by atomic mass is 32.2. The monoisotopic (exact) mass is 1070 g/mol. The van der Waals surface area contributed by atoms with Gasteiger partial charge >= 0.3 is 0 Å². The molecule has 4 aromatic heterocycles. The van der Waals surface area contributed by atoms with Crippen LogP contribution in [0.2, 0.25) is 0 Å². The molecule has 0 N–H and O–H groups in total. The fourth-order valence-corrected chi connectivity index (χ4v) is 18.9. The molecule has 72 heavy (non-hydrogen) atoms. The van der Waals surface area contributed by atoms with Crippen molar-refractivity contribution >= 4 is 97.3 Å². The lowest BCUT2D eigenvalue weighted by Crippen LogP contribution is -2.27. The fourth-order valence-electron chi connectivity index (χ4n) is 13.0. The van der Waals surface area contributed by atoms with Crippen LogP contribution in [-0.4, -0.2) is 29.0 Å². The van der Waals surface area contributed by atoms with E-state index in [4.69, 9.17) is 17.5 Å². The van der Waals surface area contributed by atoms with Gasteiger partial charge in [-0.2, -0.15) is 17.5 Å². The van der Waals surface area contributed by atoms with E-state index in [-0.39, 0.29) is 10.8 Å². The van der Waals surface area contributed by atoms with Crippen molar-refractivity contribution in [2.45, 2.75) is 207 Å². The summed E-state index contributed by atoms with van der Waals surface area (Å²) in [6.07, 6.45) is 27.2. The van der Waals surface area contributed by atoms with Gasteiger partial charge in [0.25, 0.3) is 0 Å². The maximum absolute atomic E-state index is 5.43. The summed E-state index contributed by atoms with van der Waals surface area (Å²) in [6, 6.07) is 15.8. The molecule has 0 atom stereocenters. The van der Waals surface area contributed by atoms with Crippen molar-refractivity contribution in [2.75, 3.05) is 11.5 Å². The predicted molar refractivity (Wildman–Crippen MR) is 323 cm³/mol. The second-order valence-corrected chi connectivity index (χ2v) is 27.4.